The van der Waals surface area contributed by atoms with Crippen LogP contribution >= 0.6 is 0 Å². The second-order valence-corrected chi connectivity index (χ2v) is 7.07. The Bertz CT molecular complexity index is 1200. The fourth-order valence-electron chi connectivity index (χ4n) is 3.39. The number of fused-ring (bicyclic) bond motifs is 1. The first-order valence-electron chi connectivity index (χ1n) is 9.35. The second-order valence-electron chi connectivity index (χ2n) is 7.07. The van der Waals surface area contributed by atoms with Crippen LogP contribution in [0.25, 0.3) is 5.65 Å². The van der Waals surface area contributed by atoms with Crippen molar-refractivity contribution in [2.24, 2.45) is 0 Å². The Morgan fingerprint density at radius 3 is 2.80 bits per heavy atom. The molecule has 0 unspecified atom stereocenters. The fourth-order valence-corrected chi connectivity index (χ4v) is 3.39. The highest BCUT2D eigenvalue weighted by atomic mass is 19.1. The van der Waals surface area contributed by atoms with Crippen molar-refractivity contribution < 1.29 is 14.0 Å². The predicted octanol–water partition coefficient (Wildman–Crippen LogP) is 0.0735. The van der Waals surface area contributed by atoms with E-state index in [1.54, 1.807) is 23.7 Å². The van der Waals surface area contributed by atoms with Gasteiger partial charge >= 0.3 is 0 Å². The minimum Gasteiger partial charge on any atom is -0.354 e. The maximum atomic E-state index is 14.4. The van der Waals surface area contributed by atoms with Gasteiger partial charge in [-0.05, 0) is 19.1 Å². The number of aromatic nitrogens is 4. The fraction of sp³-hybridized carbons (Fsp3) is 0.316. The number of rotatable bonds is 4. The van der Waals surface area contributed by atoms with Gasteiger partial charge in [0, 0.05) is 44.5 Å². The highest BCUT2D eigenvalue weighted by Crippen LogP contribution is 2.21. The van der Waals surface area contributed by atoms with Crippen LogP contribution in [0, 0.1) is 12.9 Å². The van der Waals surface area contributed by atoms with Gasteiger partial charge in [0.2, 0.25) is 11.9 Å². The average Bonchev–Trinajstić information content (AvgIpc) is 3.09. The molecule has 0 spiro atoms. The van der Waals surface area contributed by atoms with E-state index in [4.69, 9.17) is 0 Å². The third-order valence-corrected chi connectivity index (χ3v) is 4.97. The molecule has 0 radical (unpaired) electrons. The van der Waals surface area contributed by atoms with Crippen LogP contribution in [-0.4, -0.2) is 63.0 Å². The predicted molar refractivity (Wildman–Crippen MR) is 106 cm³/mol. The molecular weight excluding hydrogens is 393 g/mol. The minimum absolute atomic E-state index is 0.0492. The number of amides is 2. The zero-order valence-corrected chi connectivity index (χ0v) is 16.5. The maximum Gasteiger partial charge on any atom is 0.269 e. The molecule has 1 aliphatic heterocycles. The number of hydrogen-bond acceptors (Lipinski definition) is 6. The van der Waals surface area contributed by atoms with Crippen molar-refractivity contribution in [2.75, 3.05) is 31.6 Å². The van der Waals surface area contributed by atoms with E-state index >= 15 is 0 Å². The first kappa shape index (κ1) is 19.7. The minimum atomic E-state index is -0.863. The summed E-state index contributed by atoms with van der Waals surface area (Å²) in [7, 11) is 1.43. The summed E-state index contributed by atoms with van der Waals surface area (Å²) in [6.07, 6.45) is 1.65. The SMILES string of the molecule is CNC(=O)c1ccc(N2CCN(Cc3cc4[nH]c(=O)c(C)cn4n3)CC2=O)c(F)n1. The summed E-state index contributed by atoms with van der Waals surface area (Å²) in [6, 6.07) is 4.54. The Morgan fingerprint density at radius 2 is 2.10 bits per heavy atom. The summed E-state index contributed by atoms with van der Waals surface area (Å²) in [6.45, 7) is 2.98. The number of aromatic amines is 1. The molecule has 0 saturated carbocycles. The van der Waals surface area contributed by atoms with E-state index in [-0.39, 0.29) is 35.9 Å². The molecule has 156 valence electrons. The number of halogens is 1. The monoisotopic (exact) mass is 413 g/mol. The number of hydrogen-bond donors (Lipinski definition) is 2. The van der Waals surface area contributed by atoms with Gasteiger partial charge in [0.15, 0.2) is 0 Å². The van der Waals surface area contributed by atoms with Crippen LogP contribution in [0.5, 0.6) is 0 Å². The molecule has 4 heterocycles. The summed E-state index contributed by atoms with van der Waals surface area (Å²) in [4.78, 5) is 45.6. The first-order valence-corrected chi connectivity index (χ1v) is 9.35. The van der Waals surface area contributed by atoms with Crippen LogP contribution in [0.2, 0.25) is 0 Å². The zero-order valence-electron chi connectivity index (χ0n) is 16.5. The molecule has 30 heavy (non-hydrogen) atoms. The van der Waals surface area contributed by atoms with Crippen molar-refractivity contribution in [2.45, 2.75) is 13.5 Å². The lowest BCUT2D eigenvalue weighted by atomic mass is 10.2. The molecule has 3 aromatic rings. The number of nitrogens with zero attached hydrogens (tertiary/aromatic N) is 5. The summed E-state index contributed by atoms with van der Waals surface area (Å²) in [5.41, 5.74) is 1.67. The van der Waals surface area contributed by atoms with Crippen LogP contribution in [0.4, 0.5) is 10.1 Å². The topological polar surface area (TPSA) is 116 Å². The molecular formula is C19H20FN7O3. The zero-order chi connectivity index (χ0) is 21.4. The molecule has 1 aliphatic rings. The number of H-pyrrole nitrogens is 1. The molecule has 4 rings (SSSR count). The molecule has 0 aliphatic carbocycles. The van der Waals surface area contributed by atoms with Crippen molar-refractivity contribution in [3.8, 4) is 0 Å². The van der Waals surface area contributed by atoms with E-state index in [9.17, 15) is 18.8 Å². The number of pyridine rings is 1. The summed E-state index contributed by atoms with van der Waals surface area (Å²) in [5, 5.41) is 6.81. The van der Waals surface area contributed by atoms with Gasteiger partial charge in [0.25, 0.3) is 11.5 Å². The Labute approximate surface area is 170 Å². The maximum absolute atomic E-state index is 14.4. The van der Waals surface area contributed by atoms with Gasteiger partial charge in [-0.15, -0.1) is 0 Å². The molecule has 0 bridgehead atoms. The largest absolute Gasteiger partial charge is 0.354 e. The average molecular weight is 413 g/mol. The van der Waals surface area contributed by atoms with Crippen molar-refractivity contribution in [3.05, 3.63) is 57.6 Å². The Morgan fingerprint density at radius 1 is 1.30 bits per heavy atom. The smallest absolute Gasteiger partial charge is 0.269 e. The Balaban J connectivity index is 1.46. The highest BCUT2D eigenvalue weighted by Gasteiger charge is 2.28. The molecule has 1 saturated heterocycles. The number of carbonyl (C=O) groups excluding carboxylic acids is 2. The number of aryl methyl sites for hydroxylation is 1. The Kier molecular flexibility index (Phi) is 5.04. The third kappa shape index (κ3) is 3.66. The standard InChI is InChI=1S/C19H20FN7O3/c1-11-8-27-15(23-18(11)29)7-12(24-27)9-25-5-6-26(16(28)10-25)14-4-3-13(19(30)21-2)22-17(14)20/h3-4,7-8H,5-6,9-10H2,1-2H3,(H,21,30)(H,23,29). The summed E-state index contributed by atoms with van der Waals surface area (Å²) in [5.74, 6) is -1.64. The van der Waals surface area contributed by atoms with Crippen molar-refractivity contribution in [1.82, 2.24) is 29.8 Å². The van der Waals surface area contributed by atoms with Gasteiger partial charge in [-0.3, -0.25) is 19.3 Å². The van der Waals surface area contributed by atoms with Crippen LogP contribution < -0.4 is 15.8 Å². The lowest BCUT2D eigenvalue weighted by molar-refractivity contribution is -0.121. The Hall–Kier alpha value is -3.60. The number of carbonyl (C=O) groups is 2. The molecule has 1 fully saturated rings. The molecule has 3 aromatic heterocycles. The van der Waals surface area contributed by atoms with Gasteiger partial charge in [-0.1, -0.05) is 0 Å². The van der Waals surface area contributed by atoms with Gasteiger partial charge in [0.1, 0.15) is 11.3 Å². The van der Waals surface area contributed by atoms with Crippen molar-refractivity contribution >= 4 is 23.1 Å². The van der Waals surface area contributed by atoms with Crippen molar-refractivity contribution in [1.29, 1.82) is 0 Å². The van der Waals surface area contributed by atoms with Gasteiger partial charge in [-0.25, -0.2) is 9.50 Å². The lowest BCUT2D eigenvalue weighted by Crippen LogP contribution is -2.50. The van der Waals surface area contributed by atoms with E-state index in [1.807, 2.05) is 4.90 Å². The van der Waals surface area contributed by atoms with Crippen LogP contribution in [0.1, 0.15) is 21.7 Å². The van der Waals surface area contributed by atoms with Crippen molar-refractivity contribution in [3.63, 3.8) is 0 Å². The normalized spacial score (nSPS) is 15.0. The number of anilines is 1. The van der Waals surface area contributed by atoms with E-state index in [0.29, 0.717) is 30.0 Å². The summed E-state index contributed by atoms with van der Waals surface area (Å²) < 4.78 is 16.0. The van der Waals surface area contributed by atoms with E-state index in [1.165, 1.54) is 24.1 Å². The van der Waals surface area contributed by atoms with E-state index in [2.05, 4.69) is 20.4 Å². The molecule has 11 heteroatoms. The number of piperazine rings is 1. The van der Waals surface area contributed by atoms with Crippen LogP contribution in [-0.2, 0) is 11.3 Å². The highest BCUT2D eigenvalue weighted by molar-refractivity contribution is 5.96. The van der Waals surface area contributed by atoms with E-state index in [0.717, 1.165) is 0 Å². The quantitative estimate of drug-likeness (QED) is 0.585. The number of nitrogens with one attached hydrogen (secondary N) is 2. The third-order valence-electron chi connectivity index (χ3n) is 4.97. The lowest BCUT2D eigenvalue weighted by Gasteiger charge is -2.33. The second kappa shape index (κ2) is 7.67. The van der Waals surface area contributed by atoms with Gasteiger partial charge < -0.3 is 15.2 Å². The van der Waals surface area contributed by atoms with Crippen LogP contribution in [0.15, 0.2) is 29.2 Å². The summed E-state index contributed by atoms with van der Waals surface area (Å²) >= 11 is 0. The first-order chi connectivity index (χ1) is 14.4. The molecule has 0 atom stereocenters. The van der Waals surface area contributed by atoms with Gasteiger partial charge in [0.05, 0.1) is 17.9 Å². The van der Waals surface area contributed by atoms with E-state index < -0.39 is 11.9 Å². The van der Waals surface area contributed by atoms with Gasteiger partial charge in [-0.2, -0.15) is 9.49 Å². The van der Waals surface area contributed by atoms with Crippen LogP contribution in [0.3, 0.4) is 0 Å². The molecule has 2 amide bonds. The molecule has 2 N–H and O–H groups in total. The molecule has 10 nitrogen and oxygen atoms in total. The molecule has 0 aromatic carbocycles.